The maximum absolute atomic E-state index is 12.9. The van der Waals surface area contributed by atoms with Crippen LogP contribution in [-0.4, -0.2) is 23.4 Å². The van der Waals surface area contributed by atoms with Crippen LogP contribution in [0.1, 0.15) is 19.3 Å². The Morgan fingerprint density at radius 1 is 1.33 bits per heavy atom. The van der Waals surface area contributed by atoms with Gasteiger partial charge in [0.15, 0.2) is 0 Å². The van der Waals surface area contributed by atoms with Gasteiger partial charge in [-0.3, -0.25) is 14.6 Å². The number of hydrogen-bond acceptors (Lipinski definition) is 3. The summed E-state index contributed by atoms with van der Waals surface area (Å²) in [7, 11) is 0. The molecule has 98 valence electrons. The van der Waals surface area contributed by atoms with E-state index in [2.05, 4.69) is 4.99 Å². The van der Waals surface area contributed by atoms with Gasteiger partial charge in [0.2, 0.25) is 11.8 Å². The first-order valence-electron chi connectivity index (χ1n) is 5.49. The van der Waals surface area contributed by atoms with Gasteiger partial charge in [-0.2, -0.15) is 0 Å². The van der Waals surface area contributed by atoms with E-state index in [4.69, 9.17) is 11.5 Å². The van der Waals surface area contributed by atoms with E-state index in [0.717, 1.165) is 0 Å². The molecular weight excluding hydrogens is 244 g/mol. The van der Waals surface area contributed by atoms with Crippen molar-refractivity contribution in [3.63, 3.8) is 0 Å². The largest absolute Gasteiger partial charge is 0.369 e. The molecule has 1 unspecified atom stereocenters. The van der Waals surface area contributed by atoms with Gasteiger partial charge in [0.1, 0.15) is 5.71 Å². The molecule has 0 saturated heterocycles. The van der Waals surface area contributed by atoms with Crippen LogP contribution in [-0.2, 0) is 9.59 Å². The van der Waals surface area contributed by atoms with Gasteiger partial charge in [0, 0.05) is 25.5 Å². The molecule has 2 amide bonds. The maximum Gasteiger partial charge on any atom is 0.263 e. The third kappa shape index (κ3) is 1.89. The fourth-order valence-electron chi connectivity index (χ4n) is 2.47. The number of rotatable bonds is 3. The van der Waals surface area contributed by atoms with E-state index in [1.165, 1.54) is 12.3 Å². The number of amides is 2. The summed E-state index contributed by atoms with van der Waals surface area (Å²) in [5.41, 5.74) is 9.14. The van der Waals surface area contributed by atoms with Crippen LogP contribution in [0.5, 0.6) is 0 Å². The smallest absolute Gasteiger partial charge is 0.263 e. The molecule has 1 atom stereocenters. The predicted octanol–water partition coefficient (Wildman–Crippen LogP) is 0.347. The highest BCUT2D eigenvalue weighted by Gasteiger charge is 2.57. The average Bonchev–Trinajstić information content (AvgIpc) is 2.25. The molecule has 0 aromatic heterocycles. The summed E-state index contributed by atoms with van der Waals surface area (Å²) >= 11 is 0. The average molecular weight is 257 g/mol. The van der Waals surface area contributed by atoms with Crippen molar-refractivity contribution in [1.29, 1.82) is 0 Å². The SMILES string of the molecule is NC(=O)C1=NC=CC(C(N)=O)(C2CC(F)(F)C2)C1. The summed E-state index contributed by atoms with van der Waals surface area (Å²) in [6, 6.07) is 0. The van der Waals surface area contributed by atoms with Crippen LogP contribution < -0.4 is 11.5 Å². The quantitative estimate of drug-likeness (QED) is 0.762. The van der Waals surface area contributed by atoms with Crippen molar-refractivity contribution in [3.8, 4) is 0 Å². The molecule has 0 spiro atoms. The van der Waals surface area contributed by atoms with Crippen molar-refractivity contribution < 1.29 is 18.4 Å². The van der Waals surface area contributed by atoms with Gasteiger partial charge < -0.3 is 11.5 Å². The summed E-state index contributed by atoms with van der Waals surface area (Å²) < 4.78 is 25.9. The van der Waals surface area contributed by atoms with Crippen molar-refractivity contribution in [2.75, 3.05) is 0 Å². The summed E-state index contributed by atoms with van der Waals surface area (Å²) in [6.07, 6.45) is 1.72. The molecule has 4 N–H and O–H groups in total. The second-order valence-corrected chi connectivity index (χ2v) is 4.80. The van der Waals surface area contributed by atoms with Crippen LogP contribution in [0.25, 0.3) is 0 Å². The molecule has 2 aliphatic rings. The summed E-state index contributed by atoms with van der Waals surface area (Å²) in [4.78, 5) is 26.4. The van der Waals surface area contributed by atoms with Gasteiger partial charge in [0.05, 0.1) is 5.41 Å². The Kier molecular flexibility index (Phi) is 2.71. The molecule has 0 aromatic rings. The van der Waals surface area contributed by atoms with Gasteiger partial charge in [-0.15, -0.1) is 0 Å². The molecule has 1 aliphatic heterocycles. The molecule has 1 fully saturated rings. The maximum atomic E-state index is 12.9. The van der Waals surface area contributed by atoms with E-state index in [1.54, 1.807) is 0 Å². The highest BCUT2D eigenvalue weighted by Crippen LogP contribution is 2.53. The number of alkyl halides is 2. The molecule has 0 radical (unpaired) electrons. The fraction of sp³-hybridized carbons (Fsp3) is 0.545. The highest BCUT2D eigenvalue weighted by molar-refractivity contribution is 6.39. The number of carbonyl (C=O) groups is 2. The molecule has 1 heterocycles. The zero-order valence-electron chi connectivity index (χ0n) is 9.53. The van der Waals surface area contributed by atoms with Gasteiger partial charge in [-0.25, -0.2) is 8.78 Å². The van der Waals surface area contributed by atoms with Gasteiger partial charge in [0.25, 0.3) is 5.91 Å². The van der Waals surface area contributed by atoms with Crippen LogP contribution in [0.2, 0.25) is 0 Å². The lowest BCUT2D eigenvalue weighted by atomic mass is 9.60. The first-order valence-corrected chi connectivity index (χ1v) is 5.49. The lowest BCUT2D eigenvalue weighted by Crippen LogP contribution is -2.53. The molecule has 1 saturated carbocycles. The zero-order valence-corrected chi connectivity index (χ0v) is 9.53. The molecule has 2 rings (SSSR count). The van der Waals surface area contributed by atoms with Crippen LogP contribution >= 0.6 is 0 Å². The molecule has 1 aliphatic carbocycles. The molecule has 0 aromatic carbocycles. The third-order valence-electron chi connectivity index (χ3n) is 3.62. The minimum Gasteiger partial charge on any atom is -0.369 e. The minimum atomic E-state index is -2.76. The lowest BCUT2D eigenvalue weighted by molar-refractivity contribution is -0.154. The van der Waals surface area contributed by atoms with Crippen LogP contribution in [0.15, 0.2) is 17.3 Å². The monoisotopic (exact) mass is 257 g/mol. The molecular formula is C11H13F2N3O2. The molecule has 7 heteroatoms. The standard InChI is InChI=1S/C11H13F2N3O2/c12-11(13)3-6(4-11)10(9(15)18)1-2-16-7(5-10)8(14)17/h1-2,6H,3-5H2,(H2,14,17)(H2,15,18). The van der Waals surface area contributed by atoms with E-state index >= 15 is 0 Å². The summed E-state index contributed by atoms with van der Waals surface area (Å²) in [5, 5.41) is 0. The Hall–Kier alpha value is -1.79. The normalized spacial score (nSPS) is 30.4. The Bertz CT molecular complexity index is 465. The Labute approximate surface area is 102 Å². The molecule has 5 nitrogen and oxygen atoms in total. The van der Waals surface area contributed by atoms with E-state index < -0.39 is 41.9 Å². The number of carbonyl (C=O) groups excluding carboxylic acids is 2. The van der Waals surface area contributed by atoms with Crippen LogP contribution in [0.3, 0.4) is 0 Å². The number of halogens is 2. The lowest BCUT2D eigenvalue weighted by Gasteiger charge is -2.46. The topological polar surface area (TPSA) is 98.5 Å². The first kappa shape index (κ1) is 12.7. The van der Waals surface area contributed by atoms with Crippen molar-refractivity contribution >= 4 is 17.5 Å². The second-order valence-electron chi connectivity index (χ2n) is 4.80. The van der Waals surface area contributed by atoms with Crippen molar-refractivity contribution in [1.82, 2.24) is 0 Å². The van der Waals surface area contributed by atoms with E-state index in [1.807, 2.05) is 0 Å². The Morgan fingerprint density at radius 3 is 2.39 bits per heavy atom. The third-order valence-corrected chi connectivity index (χ3v) is 3.62. The Balaban J connectivity index is 2.26. The Morgan fingerprint density at radius 2 is 1.94 bits per heavy atom. The number of aliphatic imine (C=N–C) groups is 1. The fourth-order valence-corrected chi connectivity index (χ4v) is 2.47. The van der Waals surface area contributed by atoms with Gasteiger partial charge in [-0.05, 0) is 5.92 Å². The van der Waals surface area contributed by atoms with Gasteiger partial charge >= 0.3 is 0 Å². The second kappa shape index (κ2) is 3.86. The number of nitrogens with two attached hydrogens (primary N) is 2. The molecule has 18 heavy (non-hydrogen) atoms. The van der Waals surface area contributed by atoms with Crippen molar-refractivity contribution in [2.45, 2.75) is 25.2 Å². The summed E-state index contributed by atoms with van der Waals surface area (Å²) in [6.45, 7) is 0. The zero-order chi connectivity index (χ0) is 13.6. The van der Waals surface area contributed by atoms with E-state index in [-0.39, 0.29) is 12.1 Å². The summed E-state index contributed by atoms with van der Waals surface area (Å²) in [5.74, 6) is -4.84. The first-order chi connectivity index (χ1) is 8.27. The van der Waals surface area contributed by atoms with Crippen LogP contribution in [0, 0.1) is 11.3 Å². The van der Waals surface area contributed by atoms with Crippen molar-refractivity contribution in [3.05, 3.63) is 12.3 Å². The van der Waals surface area contributed by atoms with E-state index in [9.17, 15) is 18.4 Å². The minimum absolute atomic E-state index is 0.00786. The van der Waals surface area contributed by atoms with Crippen molar-refractivity contribution in [2.24, 2.45) is 27.8 Å². The van der Waals surface area contributed by atoms with Crippen LogP contribution in [0.4, 0.5) is 8.78 Å². The van der Waals surface area contributed by atoms with Gasteiger partial charge in [-0.1, -0.05) is 6.08 Å². The highest BCUT2D eigenvalue weighted by atomic mass is 19.3. The number of primary amides is 2. The van der Waals surface area contributed by atoms with E-state index in [0.29, 0.717) is 0 Å². The number of nitrogens with zero attached hydrogens (tertiary/aromatic N) is 1. The predicted molar refractivity (Wildman–Crippen MR) is 59.7 cm³/mol. The molecule has 0 bridgehead atoms. The number of hydrogen-bond donors (Lipinski definition) is 2.